The fourth-order valence-electron chi connectivity index (χ4n) is 2.79. The zero-order valence-corrected chi connectivity index (χ0v) is 13.4. The van der Waals surface area contributed by atoms with E-state index in [0.29, 0.717) is 41.9 Å². The molecule has 2 amide bonds. The van der Waals surface area contributed by atoms with Gasteiger partial charge < -0.3 is 16.2 Å². The van der Waals surface area contributed by atoms with E-state index in [1.165, 1.54) is 11.0 Å². The normalized spacial score (nSPS) is 16.8. The van der Waals surface area contributed by atoms with Gasteiger partial charge in [-0.15, -0.1) is 0 Å². The number of nitrogens with two attached hydrogens (primary N) is 2. The van der Waals surface area contributed by atoms with Crippen molar-refractivity contribution in [3.05, 3.63) is 53.8 Å². The Balaban J connectivity index is 1.84. The Morgan fingerprint density at radius 1 is 1.24 bits per heavy atom. The molecule has 0 unspecified atom stereocenters. The van der Waals surface area contributed by atoms with Crippen LogP contribution in [-0.4, -0.2) is 31.2 Å². The second-order valence-electron chi connectivity index (χ2n) is 5.80. The van der Waals surface area contributed by atoms with E-state index >= 15 is 0 Å². The molecule has 1 saturated heterocycles. The maximum atomic E-state index is 14.5. The second-order valence-corrected chi connectivity index (χ2v) is 5.80. The molecule has 4 N–H and O–H groups in total. The topological polar surface area (TPSA) is 98.6 Å². The van der Waals surface area contributed by atoms with Crippen LogP contribution in [-0.2, 0) is 4.74 Å². The quantitative estimate of drug-likeness (QED) is 0.870. The first-order valence-corrected chi connectivity index (χ1v) is 7.87. The molecule has 0 radical (unpaired) electrons. The molecule has 25 heavy (non-hydrogen) atoms. The maximum Gasteiger partial charge on any atom is 0.414 e. The van der Waals surface area contributed by atoms with Gasteiger partial charge in [-0.2, -0.15) is 0 Å². The predicted molar refractivity (Wildman–Crippen MR) is 91.6 cm³/mol. The number of anilines is 1. The summed E-state index contributed by atoms with van der Waals surface area (Å²) in [7, 11) is 0. The van der Waals surface area contributed by atoms with Crippen molar-refractivity contribution in [2.45, 2.75) is 12.5 Å². The lowest BCUT2D eigenvalue weighted by Gasteiger charge is -2.14. The third-order valence-electron chi connectivity index (χ3n) is 4.11. The van der Waals surface area contributed by atoms with Gasteiger partial charge in [0, 0.05) is 11.1 Å². The number of amides is 2. The van der Waals surface area contributed by atoms with Gasteiger partial charge in [-0.25, -0.2) is 9.18 Å². The van der Waals surface area contributed by atoms with Gasteiger partial charge >= 0.3 is 6.09 Å². The minimum Gasteiger partial charge on any atom is -0.444 e. The number of cyclic esters (lactones) is 1. The van der Waals surface area contributed by atoms with E-state index < -0.39 is 17.8 Å². The summed E-state index contributed by atoms with van der Waals surface area (Å²) >= 11 is 0. The van der Waals surface area contributed by atoms with Crippen molar-refractivity contribution in [1.82, 2.24) is 0 Å². The number of rotatable bonds is 5. The summed E-state index contributed by atoms with van der Waals surface area (Å²) in [5.74, 6) is -1.01. The van der Waals surface area contributed by atoms with Gasteiger partial charge in [-0.3, -0.25) is 9.69 Å². The van der Waals surface area contributed by atoms with Crippen molar-refractivity contribution in [1.29, 1.82) is 0 Å². The van der Waals surface area contributed by atoms with Crippen LogP contribution >= 0.6 is 0 Å². The molecule has 0 aromatic heterocycles. The van der Waals surface area contributed by atoms with Gasteiger partial charge in [0.05, 0.1) is 12.2 Å². The van der Waals surface area contributed by atoms with Crippen LogP contribution in [0.15, 0.2) is 42.5 Å². The standard InChI is InChI=1S/C18H18FN3O3/c19-16-9-13(22-10-14(7-8-20)25-18(22)24)5-6-15(16)11-1-3-12(4-2-11)17(21)23/h1-6,9,14H,7-8,10,20H2,(H2,21,23)/t14-/m0/s1. The van der Waals surface area contributed by atoms with Crippen molar-refractivity contribution >= 4 is 17.7 Å². The molecule has 1 aliphatic heterocycles. The molecule has 1 heterocycles. The minimum atomic E-state index is -0.540. The van der Waals surface area contributed by atoms with E-state index in [4.69, 9.17) is 16.2 Å². The molecule has 2 aromatic rings. The molecule has 0 saturated carbocycles. The van der Waals surface area contributed by atoms with E-state index in [1.54, 1.807) is 36.4 Å². The van der Waals surface area contributed by atoms with Crippen molar-refractivity contribution in [2.75, 3.05) is 18.0 Å². The van der Waals surface area contributed by atoms with Crippen LogP contribution in [0.1, 0.15) is 16.8 Å². The highest BCUT2D eigenvalue weighted by Gasteiger charge is 2.32. The van der Waals surface area contributed by atoms with Gasteiger partial charge in [0.1, 0.15) is 11.9 Å². The van der Waals surface area contributed by atoms with Crippen LogP contribution in [0.3, 0.4) is 0 Å². The van der Waals surface area contributed by atoms with Gasteiger partial charge in [-0.05, 0) is 48.9 Å². The lowest BCUT2D eigenvalue weighted by Crippen LogP contribution is -2.25. The summed E-state index contributed by atoms with van der Waals surface area (Å²) in [6.45, 7) is 0.766. The van der Waals surface area contributed by atoms with Crippen LogP contribution in [0.5, 0.6) is 0 Å². The smallest absolute Gasteiger partial charge is 0.414 e. The maximum absolute atomic E-state index is 14.5. The zero-order valence-electron chi connectivity index (χ0n) is 13.4. The number of ether oxygens (including phenoxy) is 1. The molecule has 2 aromatic carbocycles. The van der Waals surface area contributed by atoms with Crippen LogP contribution in [0.2, 0.25) is 0 Å². The monoisotopic (exact) mass is 343 g/mol. The summed E-state index contributed by atoms with van der Waals surface area (Å²) in [5, 5.41) is 0. The molecule has 6 nitrogen and oxygen atoms in total. The predicted octanol–water partition coefficient (Wildman–Crippen LogP) is 2.27. The summed E-state index contributed by atoms with van der Waals surface area (Å²) in [6, 6.07) is 10.9. The molecular weight excluding hydrogens is 325 g/mol. The Morgan fingerprint density at radius 2 is 1.96 bits per heavy atom. The third kappa shape index (κ3) is 3.46. The highest BCUT2D eigenvalue weighted by molar-refractivity contribution is 5.93. The first kappa shape index (κ1) is 16.9. The van der Waals surface area contributed by atoms with Gasteiger partial charge in [0.15, 0.2) is 0 Å². The van der Waals surface area contributed by atoms with E-state index in [9.17, 15) is 14.0 Å². The SMILES string of the molecule is NCC[C@H]1CN(c2ccc(-c3ccc(C(N)=O)cc3)c(F)c2)C(=O)O1. The number of hydrogen-bond donors (Lipinski definition) is 2. The Bertz CT molecular complexity index is 808. The van der Waals surface area contributed by atoms with Crippen LogP contribution in [0.25, 0.3) is 11.1 Å². The summed E-state index contributed by atoms with van der Waals surface area (Å²) in [4.78, 5) is 24.4. The average molecular weight is 343 g/mol. The van der Waals surface area contributed by atoms with Crippen LogP contribution in [0, 0.1) is 5.82 Å². The Kier molecular flexibility index (Phi) is 4.67. The first-order valence-electron chi connectivity index (χ1n) is 7.87. The van der Waals surface area contributed by atoms with E-state index in [0.717, 1.165) is 0 Å². The van der Waals surface area contributed by atoms with Crippen molar-refractivity contribution in [3.63, 3.8) is 0 Å². The number of halogens is 1. The van der Waals surface area contributed by atoms with Crippen LogP contribution in [0.4, 0.5) is 14.9 Å². The number of primary amides is 1. The lowest BCUT2D eigenvalue weighted by atomic mass is 10.0. The summed E-state index contributed by atoms with van der Waals surface area (Å²) in [5.41, 5.74) is 12.4. The van der Waals surface area contributed by atoms with E-state index in [-0.39, 0.29) is 6.10 Å². The molecule has 1 aliphatic rings. The Hall–Kier alpha value is -2.93. The number of carbonyl (C=O) groups is 2. The molecule has 1 fully saturated rings. The molecular formula is C18H18FN3O3. The summed E-state index contributed by atoms with van der Waals surface area (Å²) in [6.07, 6.45) is -0.215. The molecule has 0 spiro atoms. The van der Waals surface area contributed by atoms with Crippen molar-refractivity contribution in [2.24, 2.45) is 11.5 Å². The van der Waals surface area contributed by atoms with Gasteiger partial charge in [-0.1, -0.05) is 12.1 Å². The molecule has 3 rings (SSSR count). The highest BCUT2D eigenvalue weighted by Crippen LogP contribution is 2.29. The molecule has 7 heteroatoms. The van der Waals surface area contributed by atoms with Crippen molar-refractivity contribution in [3.8, 4) is 11.1 Å². The number of benzene rings is 2. The molecule has 0 bridgehead atoms. The molecule has 130 valence electrons. The Labute approximate surface area is 144 Å². The number of carbonyl (C=O) groups excluding carboxylic acids is 2. The largest absolute Gasteiger partial charge is 0.444 e. The van der Waals surface area contributed by atoms with Gasteiger partial charge in [0.2, 0.25) is 5.91 Å². The second kappa shape index (κ2) is 6.90. The lowest BCUT2D eigenvalue weighted by molar-refractivity contribution is 0.1000. The fraction of sp³-hybridized carbons (Fsp3) is 0.222. The number of nitrogens with zero attached hydrogens (tertiary/aromatic N) is 1. The fourth-order valence-corrected chi connectivity index (χ4v) is 2.79. The average Bonchev–Trinajstić information content (AvgIpc) is 2.96. The summed E-state index contributed by atoms with van der Waals surface area (Å²) < 4.78 is 19.7. The molecule has 0 aliphatic carbocycles. The Morgan fingerprint density at radius 3 is 2.56 bits per heavy atom. The van der Waals surface area contributed by atoms with Gasteiger partial charge in [0.25, 0.3) is 0 Å². The minimum absolute atomic E-state index is 0.276. The zero-order chi connectivity index (χ0) is 18.0. The number of hydrogen-bond acceptors (Lipinski definition) is 4. The third-order valence-corrected chi connectivity index (χ3v) is 4.11. The van der Waals surface area contributed by atoms with Crippen LogP contribution < -0.4 is 16.4 Å². The first-order chi connectivity index (χ1) is 12.0. The van der Waals surface area contributed by atoms with E-state index in [1.807, 2.05) is 0 Å². The highest BCUT2D eigenvalue weighted by atomic mass is 19.1. The van der Waals surface area contributed by atoms with E-state index in [2.05, 4.69) is 0 Å². The molecule has 1 atom stereocenters. The van der Waals surface area contributed by atoms with Crippen molar-refractivity contribution < 1.29 is 18.7 Å².